The third-order valence-corrected chi connectivity index (χ3v) is 27.9. The van der Waals surface area contributed by atoms with E-state index in [1.165, 1.54) is 242 Å². The molecule has 0 saturated carbocycles. The average Bonchev–Trinajstić information content (AvgIpc) is 1.62. The van der Waals surface area contributed by atoms with Crippen LogP contribution in [0.15, 0.2) is 516 Å². The van der Waals surface area contributed by atoms with Crippen LogP contribution in [0.2, 0.25) is 0 Å². The first-order valence-electron chi connectivity index (χ1n) is 47.2. The van der Waals surface area contributed by atoms with Gasteiger partial charge in [-0.25, -0.2) is 0 Å². The Bertz CT molecular complexity index is 9590. The van der Waals surface area contributed by atoms with Crippen molar-refractivity contribution in [3.63, 3.8) is 0 Å². The lowest BCUT2D eigenvalue weighted by atomic mass is 9.99. The van der Waals surface area contributed by atoms with Crippen LogP contribution < -0.4 is 0 Å². The van der Waals surface area contributed by atoms with Crippen molar-refractivity contribution in [1.82, 2.24) is 27.4 Å². The Labute approximate surface area is 792 Å². The van der Waals surface area contributed by atoms with Crippen LogP contribution in [0.5, 0.6) is 0 Å². The molecule has 642 valence electrons. The van der Waals surface area contributed by atoms with E-state index in [4.69, 9.17) is 0 Å². The van der Waals surface area contributed by atoms with Gasteiger partial charge in [0.15, 0.2) is 0 Å². The molecule has 22 aromatic carbocycles. The van der Waals surface area contributed by atoms with Crippen LogP contribution in [-0.2, 0) is 0 Å². The van der Waals surface area contributed by atoms with Crippen molar-refractivity contribution < 1.29 is 0 Å². The molecule has 0 N–H and O–H groups in total. The molecule has 0 atom stereocenters. The smallest absolute Gasteiger partial charge is 0.0547 e. The summed E-state index contributed by atoms with van der Waals surface area (Å²) < 4.78 is 14.3. The third kappa shape index (κ3) is 13.9. The van der Waals surface area contributed by atoms with Crippen molar-refractivity contribution in [3.8, 4) is 101 Å². The predicted molar refractivity (Wildman–Crippen MR) is 580 cm³/mol. The largest absolute Gasteiger partial charge is 0.309 e. The van der Waals surface area contributed by atoms with E-state index in [1.54, 1.807) is 0 Å². The third-order valence-electron chi connectivity index (χ3n) is 27.9. The molecule has 6 aromatic heterocycles. The summed E-state index contributed by atoms with van der Waals surface area (Å²) in [6, 6.07) is 187. The van der Waals surface area contributed by atoms with Gasteiger partial charge in [-0.2, -0.15) is 0 Å². The number of nitrogens with zero attached hydrogens (tertiary/aromatic N) is 6. The lowest BCUT2D eigenvalue weighted by Gasteiger charge is -2.11. The Morgan fingerprint density at radius 1 is 0.109 bits per heavy atom. The van der Waals surface area contributed by atoms with Crippen LogP contribution >= 0.6 is 0 Å². The van der Waals surface area contributed by atoms with E-state index in [9.17, 15) is 0 Å². The molecule has 0 radical (unpaired) electrons. The first-order valence-corrected chi connectivity index (χ1v) is 47.2. The summed E-state index contributed by atoms with van der Waals surface area (Å²) in [5.74, 6) is 0. The maximum atomic E-state index is 2.41. The molecule has 0 aliphatic heterocycles. The molecule has 6 heteroatoms. The monoisotopic (exact) mass is 1740 g/mol. The molecule has 137 heavy (non-hydrogen) atoms. The van der Waals surface area contributed by atoms with Gasteiger partial charge >= 0.3 is 0 Å². The number of aromatic nitrogens is 6. The van der Waals surface area contributed by atoms with Gasteiger partial charge in [0.25, 0.3) is 0 Å². The summed E-state index contributed by atoms with van der Waals surface area (Å²) in [5, 5.41) is 17.7. The molecule has 0 amide bonds. The Morgan fingerprint density at radius 3 is 0.686 bits per heavy atom. The minimum atomic E-state index is 1.16. The summed E-state index contributed by atoms with van der Waals surface area (Å²) in [4.78, 5) is 0. The molecule has 6 heterocycles. The van der Waals surface area contributed by atoms with E-state index in [1.807, 2.05) is 0 Å². The van der Waals surface area contributed by atoms with E-state index >= 15 is 0 Å². The Balaban J connectivity index is 0.000000107. The van der Waals surface area contributed by atoms with E-state index in [0.717, 1.165) is 5.69 Å². The van der Waals surface area contributed by atoms with Crippen molar-refractivity contribution >= 4 is 142 Å². The minimum Gasteiger partial charge on any atom is -0.309 e. The highest BCUT2D eigenvalue weighted by molar-refractivity contribution is 6.18. The van der Waals surface area contributed by atoms with E-state index in [0.29, 0.717) is 0 Å². The van der Waals surface area contributed by atoms with Crippen molar-refractivity contribution in [1.29, 1.82) is 0 Å². The summed E-state index contributed by atoms with van der Waals surface area (Å²) in [6.07, 6.45) is 0. The van der Waals surface area contributed by atoms with Gasteiger partial charge in [-0.05, 0) is 279 Å². The molecule has 28 rings (SSSR count). The van der Waals surface area contributed by atoms with E-state index in [2.05, 4.69) is 550 Å². The normalized spacial score (nSPS) is 11.7. The van der Waals surface area contributed by atoms with Crippen molar-refractivity contribution in [2.75, 3.05) is 0 Å². The fourth-order valence-corrected chi connectivity index (χ4v) is 21.6. The maximum Gasteiger partial charge on any atom is 0.0547 e. The fraction of sp³-hybridized carbons (Fsp3) is 0.00763. The zero-order valence-corrected chi connectivity index (χ0v) is 75.3. The average molecular weight is 1750 g/mol. The maximum absolute atomic E-state index is 2.41. The molecule has 28 aromatic rings. The molecule has 0 saturated heterocycles. The molecule has 0 aliphatic rings. The Morgan fingerprint density at radius 2 is 0.328 bits per heavy atom. The number of hydrogen-bond donors (Lipinski definition) is 0. The number of para-hydroxylation sites is 8. The SMILES string of the molecule is Cc1ccc2c(c1)c1cc(-c3ccc4c(c3)c3ccccc3n4-c3ccccc3)ccc1n2-c1cccc(-c2ccccc2)c1.c1ccc(-c2cccc(-n3c4ccccc4c4cc(-c5ccc6c(c5)c5ccccc5n6-c5ccccc5)ccc43)c2)cc1.c1ccc(-n2c3ccccc3c3cc(-c4ccc5c(c4)c4ccc(-c6ccc7ccccc7c6)cc4n5-c4ccccc4)ccc32)cc1. The lowest BCUT2D eigenvalue weighted by molar-refractivity contribution is 1.18. The summed E-state index contributed by atoms with van der Waals surface area (Å²) in [5.41, 5.74) is 37.5. The fourth-order valence-electron chi connectivity index (χ4n) is 21.6. The molecular formula is C131H88N6. The Hall–Kier alpha value is -18.1. The summed E-state index contributed by atoms with van der Waals surface area (Å²) in [7, 11) is 0. The number of rotatable bonds is 12. The van der Waals surface area contributed by atoms with Crippen LogP contribution in [0.3, 0.4) is 0 Å². The summed E-state index contributed by atoms with van der Waals surface area (Å²) >= 11 is 0. The van der Waals surface area contributed by atoms with Crippen LogP contribution in [0.4, 0.5) is 0 Å². The van der Waals surface area contributed by atoms with Gasteiger partial charge in [0.1, 0.15) is 0 Å². The Kier molecular flexibility index (Phi) is 19.4. The zero-order chi connectivity index (χ0) is 90.5. The van der Waals surface area contributed by atoms with Gasteiger partial charge in [-0.15, -0.1) is 0 Å². The predicted octanol–water partition coefficient (Wildman–Crippen LogP) is 35.1. The second kappa shape index (κ2) is 33.3. The van der Waals surface area contributed by atoms with Crippen LogP contribution in [0, 0.1) is 6.92 Å². The van der Waals surface area contributed by atoms with Crippen molar-refractivity contribution in [2.24, 2.45) is 0 Å². The first kappa shape index (κ1) is 79.8. The van der Waals surface area contributed by atoms with E-state index in [-0.39, 0.29) is 0 Å². The highest BCUT2D eigenvalue weighted by atomic mass is 15.0. The number of benzene rings is 22. The van der Waals surface area contributed by atoms with Gasteiger partial charge < -0.3 is 27.4 Å². The molecule has 0 bridgehead atoms. The zero-order valence-electron chi connectivity index (χ0n) is 75.3. The van der Waals surface area contributed by atoms with Gasteiger partial charge in [0.2, 0.25) is 0 Å². The molecule has 0 fully saturated rings. The van der Waals surface area contributed by atoms with Crippen LogP contribution in [-0.4, -0.2) is 27.4 Å². The standard InChI is InChI=1S/C46H30N2.C43H30N2.C42H28N2/c1-3-13-37(14-4-1)47-43-18-10-9-17-39(43)41-28-34(22-25-44(41)47)35-23-26-45-42(29-35)40-24-21-36(30-46(40)48(45)38-15-5-2-6-16-38)33-20-19-31-11-7-8-12-32(31)27-33;1-29-19-22-41-37(25-29)39-28-33(21-24-43(39)45(41)35-16-10-13-31(26-35)30-11-4-2-5-12-30)32-20-23-42-38(27-32)36-17-8-9-18-40(36)44(42)34-14-6-3-7-15-34;1-3-12-29(13-4-1)30-14-11-17-34(26-30)44-40-21-10-8-19-36(40)38-28-32(23-25-42(38)44)31-22-24-41-37(27-31)35-18-7-9-20-39(35)43(41)33-15-5-2-6-16-33/h1-30H;2-28H,1H3;1-28H. The lowest BCUT2D eigenvalue weighted by Crippen LogP contribution is -1.94. The van der Waals surface area contributed by atoms with Crippen molar-refractivity contribution in [3.05, 3.63) is 521 Å². The highest BCUT2D eigenvalue weighted by Gasteiger charge is 2.23. The molecule has 6 nitrogen and oxygen atoms in total. The number of hydrogen-bond acceptors (Lipinski definition) is 0. The van der Waals surface area contributed by atoms with E-state index < -0.39 is 0 Å². The van der Waals surface area contributed by atoms with Gasteiger partial charge in [0, 0.05) is 98.8 Å². The van der Waals surface area contributed by atoms with Crippen LogP contribution in [0.25, 0.3) is 242 Å². The molecule has 0 unspecified atom stereocenters. The number of aryl methyl sites for hydroxylation is 1. The topological polar surface area (TPSA) is 29.6 Å². The summed E-state index contributed by atoms with van der Waals surface area (Å²) in [6.45, 7) is 2.18. The first-order chi connectivity index (χ1) is 67.9. The minimum absolute atomic E-state index is 1.16. The van der Waals surface area contributed by atoms with Crippen LogP contribution in [0.1, 0.15) is 5.56 Å². The van der Waals surface area contributed by atoms with Gasteiger partial charge in [-0.1, -0.05) is 327 Å². The van der Waals surface area contributed by atoms with Gasteiger partial charge in [-0.3, -0.25) is 0 Å². The van der Waals surface area contributed by atoms with Crippen molar-refractivity contribution in [2.45, 2.75) is 6.92 Å². The molecular weight excluding hydrogens is 1660 g/mol. The number of fused-ring (bicyclic) bond motifs is 19. The quantitative estimate of drug-likeness (QED) is 0.117. The molecule has 0 aliphatic carbocycles. The second-order valence-corrected chi connectivity index (χ2v) is 36.0. The van der Waals surface area contributed by atoms with Gasteiger partial charge in [0.05, 0.1) is 66.2 Å². The second-order valence-electron chi connectivity index (χ2n) is 36.0. The highest BCUT2D eigenvalue weighted by Crippen LogP contribution is 2.46. The molecule has 0 spiro atoms.